The smallest absolute Gasteiger partial charge is 0.256 e. The molecule has 6 nitrogen and oxygen atoms in total. The average Bonchev–Trinajstić information content (AvgIpc) is 2.80. The van der Waals surface area contributed by atoms with Crippen LogP contribution in [0.3, 0.4) is 0 Å². The van der Waals surface area contributed by atoms with Crippen molar-refractivity contribution >= 4 is 5.91 Å². The molecule has 2 aliphatic rings. The van der Waals surface area contributed by atoms with Gasteiger partial charge in [-0.05, 0) is 51.0 Å². The summed E-state index contributed by atoms with van der Waals surface area (Å²) >= 11 is 0. The van der Waals surface area contributed by atoms with Gasteiger partial charge < -0.3 is 9.64 Å². The maximum absolute atomic E-state index is 13.7. The zero-order valence-corrected chi connectivity index (χ0v) is 18.0. The number of piperidine rings is 1. The Hall–Kier alpha value is -2.47. The SMILES string of the molecule is Cc1ncn(CC2CCN(C(=O)C3(c4ccccc4)CCOCC3)CC2)c(=O)c1C. The number of carbonyl (C=O) groups is 1. The Morgan fingerprint density at radius 1 is 1.13 bits per heavy atom. The number of amides is 1. The van der Waals surface area contributed by atoms with E-state index in [1.165, 1.54) is 0 Å². The molecule has 0 bridgehead atoms. The molecular formula is C24H31N3O3. The molecule has 0 N–H and O–H groups in total. The molecule has 0 aliphatic carbocycles. The predicted molar refractivity (Wildman–Crippen MR) is 115 cm³/mol. The summed E-state index contributed by atoms with van der Waals surface area (Å²) in [7, 11) is 0. The van der Waals surface area contributed by atoms with Crippen LogP contribution in [0.15, 0.2) is 41.5 Å². The highest BCUT2D eigenvalue weighted by molar-refractivity contribution is 5.88. The number of carbonyl (C=O) groups excluding carboxylic acids is 1. The summed E-state index contributed by atoms with van der Waals surface area (Å²) in [4.78, 5) is 32.5. The van der Waals surface area contributed by atoms with Crippen LogP contribution < -0.4 is 5.56 Å². The molecule has 6 heteroatoms. The van der Waals surface area contributed by atoms with Gasteiger partial charge in [-0.1, -0.05) is 30.3 Å². The van der Waals surface area contributed by atoms with Crippen molar-refractivity contribution in [2.45, 2.75) is 51.5 Å². The molecule has 2 aliphatic heterocycles. The van der Waals surface area contributed by atoms with Gasteiger partial charge in [-0.15, -0.1) is 0 Å². The summed E-state index contributed by atoms with van der Waals surface area (Å²) in [6.45, 7) is 7.10. The largest absolute Gasteiger partial charge is 0.381 e. The van der Waals surface area contributed by atoms with Gasteiger partial charge in [0.15, 0.2) is 0 Å². The molecular weight excluding hydrogens is 378 g/mol. The van der Waals surface area contributed by atoms with Crippen LogP contribution in [0.1, 0.15) is 42.5 Å². The zero-order valence-electron chi connectivity index (χ0n) is 18.0. The van der Waals surface area contributed by atoms with Crippen molar-refractivity contribution in [3.63, 3.8) is 0 Å². The lowest BCUT2D eigenvalue weighted by molar-refractivity contribution is -0.142. The van der Waals surface area contributed by atoms with Crippen LogP contribution in [0.25, 0.3) is 0 Å². The lowest BCUT2D eigenvalue weighted by Crippen LogP contribution is -2.52. The average molecular weight is 410 g/mol. The molecule has 0 radical (unpaired) electrons. The molecule has 1 amide bonds. The van der Waals surface area contributed by atoms with E-state index in [0.29, 0.717) is 25.7 Å². The van der Waals surface area contributed by atoms with Crippen molar-refractivity contribution in [1.29, 1.82) is 0 Å². The minimum atomic E-state index is -0.471. The van der Waals surface area contributed by atoms with Gasteiger partial charge in [0.25, 0.3) is 5.56 Å². The quantitative estimate of drug-likeness (QED) is 0.779. The van der Waals surface area contributed by atoms with Crippen molar-refractivity contribution < 1.29 is 9.53 Å². The first-order chi connectivity index (χ1) is 14.5. The Balaban J connectivity index is 1.45. The van der Waals surface area contributed by atoms with E-state index in [2.05, 4.69) is 17.1 Å². The number of nitrogens with zero attached hydrogens (tertiary/aromatic N) is 3. The van der Waals surface area contributed by atoms with Crippen LogP contribution in [0.4, 0.5) is 0 Å². The van der Waals surface area contributed by atoms with Gasteiger partial charge in [-0.3, -0.25) is 14.2 Å². The van der Waals surface area contributed by atoms with E-state index in [1.54, 1.807) is 10.9 Å². The van der Waals surface area contributed by atoms with Crippen molar-refractivity contribution in [3.05, 3.63) is 63.8 Å². The fourth-order valence-corrected chi connectivity index (χ4v) is 4.81. The van der Waals surface area contributed by atoms with Gasteiger partial charge in [0.1, 0.15) is 0 Å². The Morgan fingerprint density at radius 2 is 1.80 bits per heavy atom. The second-order valence-corrected chi connectivity index (χ2v) is 8.71. The van der Waals surface area contributed by atoms with E-state index in [-0.39, 0.29) is 11.5 Å². The van der Waals surface area contributed by atoms with E-state index < -0.39 is 5.41 Å². The van der Waals surface area contributed by atoms with E-state index in [0.717, 1.165) is 55.6 Å². The van der Waals surface area contributed by atoms with Gasteiger partial charge in [0.05, 0.1) is 11.7 Å². The monoisotopic (exact) mass is 409 g/mol. The molecule has 4 rings (SSSR count). The maximum Gasteiger partial charge on any atom is 0.256 e. The summed E-state index contributed by atoms with van der Waals surface area (Å²) < 4.78 is 7.32. The number of ether oxygens (including phenoxy) is 1. The van der Waals surface area contributed by atoms with E-state index >= 15 is 0 Å². The maximum atomic E-state index is 13.7. The van der Waals surface area contributed by atoms with E-state index in [1.807, 2.05) is 36.9 Å². The number of hydrogen-bond acceptors (Lipinski definition) is 4. The van der Waals surface area contributed by atoms with Crippen molar-refractivity contribution in [3.8, 4) is 0 Å². The molecule has 2 aromatic rings. The first-order valence-corrected chi connectivity index (χ1v) is 11.0. The number of likely N-dealkylation sites (tertiary alicyclic amines) is 1. The molecule has 0 saturated carbocycles. The summed E-state index contributed by atoms with van der Waals surface area (Å²) in [5, 5.41) is 0. The molecule has 1 aromatic carbocycles. The minimum absolute atomic E-state index is 0.0474. The first kappa shape index (κ1) is 20.8. The third kappa shape index (κ3) is 3.93. The van der Waals surface area contributed by atoms with Gasteiger partial charge in [-0.2, -0.15) is 0 Å². The summed E-state index contributed by atoms with van der Waals surface area (Å²) in [5.41, 5.74) is 2.19. The number of hydrogen-bond donors (Lipinski definition) is 0. The Morgan fingerprint density at radius 3 is 2.47 bits per heavy atom. The normalized spacial score (nSPS) is 19.6. The molecule has 0 unspecified atom stereocenters. The first-order valence-electron chi connectivity index (χ1n) is 11.0. The number of rotatable bonds is 4. The van der Waals surface area contributed by atoms with Crippen molar-refractivity contribution in [2.24, 2.45) is 5.92 Å². The highest BCUT2D eigenvalue weighted by Gasteiger charge is 2.44. The Bertz CT molecular complexity index is 940. The van der Waals surface area contributed by atoms with E-state index in [9.17, 15) is 9.59 Å². The lowest BCUT2D eigenvalue weighted by atomic mass is 9.72. The molecule has 1 aromatic heterocycles. The fourth-order valence-electron chi connectivity index (χ4n) is 4.81. The summed E-state index contributed by atoms with van der Waals surface area (Å²) in [6, 6.07) is 10.2. The highest BCUT2D eigenvalue weighted by Crippen LogP contribution is 2.37. The zero-order chi connectivity index (χ0) is 21.1. The number of aryl methyl sites for hydroxylation is 1. The van der Waals surface area contributed by atoms with Crippen molar-refractivity contribution in [1.82, 2.24) is 14.5 Å². The standard InChI is InChI=1S/C24H31N3O3/c1-18-19(2)25-17-27(22(18)28)16-20-8-12-26(13-9-20)23(29)24(10-14-30-15-11-24)21-6-4-3-5-7-21/h3-7,17,20H,8-16H2,1-2H3. The molecule has 2 saturated heterocycles. The molecule has 30 heavy (non-hydrogen) atoms. The van der Waals surface area contributed by atoms with Gasteiger partial charge in [0.2, 0.25) is 5.91 Å². The number of aromatic nitrogens is 2. The molecule has 160 valence electrons. The third-order valence-electron chi connectivity index (χ3n) is 6.95. The number of benzene rings is 1. The Labute approximate surface area is 177 Å². The highest BCUT2D eigenvalue weighted by atomic mass is 16.5. The van der Waals surface area contributed by atoms with Gasteiger partial charge in [0, 0.05) is 44.1 Å². The minimum Gasteiger partial charge on any atom is -0.381 e. The summed E-state index contributed by atoms with van der Waals surface area (Å²) in [6.07, 6.45) is 4.95. The molecule has 0 atom stereocenters. The van der Waals surface area contributed by atoms with Crippen LogP contribution in [-0.2, 0) is 21.5 Å². The summed E-state index contributed by atoms with van der Waals surface area (Å²) in [5.74, 6) is 0.624. The van der Waals surface area contributed by atoms with Crippen molar-refractivity contribution in [2.75, 3.05) is 26.3 Å². The predicted octanol–water partition coefficient (Wildman–Crippen LogP) is 2.85. The van der Waals surface area contributed by atoms with Gasteiger partial charge >= 0.3 is 0 Å². The van der Waals surface area contributed by atoms with Crippen LogP contribution >= 0.6 is 0 Å². The van der Waals surface area contributed by atoms with Crippen LogP contribution in [0.2, 0.25) is 0 Å². The van der Waals surface area contributed by atoms with Crippen LogP contribution in [0.5, 0.6) is 0 Å². The van der Waals surface area contributed by atoms with E-state index in [4.69, 9.17) is 4.74 Å². The Kier molecular flexibility index (Phi) is 6.04. The second kappa shape index (κ2) is 8.72. The fraction of sp³-hybridized carbons (Fsp3) is 0.542. The third-order valence-corrected chi connectivity index (χ3v) is 6.95. The molecule has 0 spiro atoms. The second-order valence-electron chi connectivity index (χ2n) is 8.71. The van der Waals surface area contributed by atoms with Crippen LogP contribution in [-0.4, -0.2) is 46.7 Å². The molecule has 2 fully saturated rings. The van der Waals surface area contributed by atoms with Gasteiger partial charge in [-0.25, -0.2) is 4.98 Å². The topological polar surface area (TPSA) is 64.4 Å². The molecule has 3 heterocycles. The lowest BCUT2D eigenvalue weighted by Gasteiger charge is -2.42. The van der Waals surface area contributed by atoms with Crippen LogP contribution in [0, 0.1) is 19.8 Å².